The quantitative estimate of drug-likeness (QED) is 0.609. The molecule has 29 heavy (non-hydrogen) atoms. The van der Waals surface area contributed by atoms with Crippen molar-refractivity contribution in [1.82, 2.24) is 9.62 Å². The first kappa shape index (κ1) is 22.6. The van der Waals surface area contributed by atoms with E-state index < -0.39 is 10.0 Å². The number of allylic oxidation sites excluding steroid dienone is 1. The second kappa shape index (κ2) is 10.3. The average Bonchev–Trinajstić information content (AvgIpc) is 2.71. The predicted octanol–water partition coefficient (Wildman–Crippen LogP) is 4.54. The van der Waals surface area contributed by atoms with Crippen LogP contribution in [0.25, 0.3) is 0 Å². The third kappa shape index (κ3) is 6.45. The number of carbonyl (C=O) groups is 1. The fourth-order valence-corrected chi connectivity index (χ4v) is 6.15. The van der Waals surface area contributed by atoms with Gasteiger partial charge in [0.2, 0.25) is 15.9 Å². The van der Waals surface area contributed by atoms with Gasteiger partial charge in [0.25, 0.3) is 0 Å². The highest BCUT2D eigenvalue weighted by Gasteiger charge is 2.32. The van der Waals surface area contributed by atoms with Gasteiger partial charge in [-0.1, -0.05) is 40.9 Å². The summed E-state index contributed by atoms with van der Waals surface area (Å²) in [6.07, 6.45) is 9.30. The Kier molecular flexibility index (Phi) is 8.02. The number of piperidine rings is 1. The molecule has 3 rings (SSSR count). The van der Waals surface area contributed by atoms with E-state index in [4.69, 9.17) is 23.2 Å². The molecule has 1 amide bonds. The highest BCUT2D eigenvalue weighted by Crippen LogP contribution is 2.26. The van der Waals surface area contributed by atoms with E-state index in [1.165, 1.54) is 22.7 Å². The topological polar surface area (TPSA) is 66.5 Å². The first-order chi connectivity index (χ1) is 13.8. The Bertz CT molecular complexity index is 871. The second-order valence-corrected chi connectivity index (χ2v) is 10.7. The molecule has 5 nitrogen and oxygen atoms in total. The summed E-state index contributed by atoms with van der Waals surface area (Å²) < 4.78 is 27.2. The van der Waals surface area contributed by atoms with Crippen LogP contribution >= 0.6 is 23.2 Å². The van der Waals surface area contributed by atoms with Gasteiger partial charge in [0, 0.05) is 29.7 Å². The van der Waals surface area contributed by atoms with E-state index >= 15 is 0 Å². The van der Waals surface area contributed by atoms with Crippen LogP contribution in [0.3, 0.4) is 0 Å². The first-order valence-electron chi connectivity index (χ1n) is 10.2. The van der Waals surface area contributed by atoms with E-state index in [0.29, 0.717) is 41.5 Å². The molecule has 1 aromatic rings. The van der Waals surface area contributed by atoms with Gasteiger partial charge in [-0.05, 0) is 62.6 Å². The highest BCUT2D eigenvalue weighted by atomic mass is 35.5. The van der Waals surface area contributed by atoms with Crippen LogP contribution in [0.5, 0.6) is 0 Å². The molecule has 1 aliphatic heterocycles. The SMILES string of the molecule is O=C(NCCC1=CCCCC1)C1CCCN(S(=O)(=O)Cc2ccc(Cl)cc2Cl)C1. The molecule has 0 spiro atoms. The van der Waals surface area contributed by atoms with Crippen LogP contribution in [0.4, 0.5) is 0 Å². The van der Waals surface area contributed by atoms with E-state index in [1.807, 2.05) is 0 Å². The van der Waals surface area contributed by atoms with E-state index in [2.05, 4.69) is 11.4 Å². The van der Waals surface area contributed by atoms with Gasteiger partial charge in [0.05, 0.1) is 11.7 Å². The van der Waals surface area contributed by atoms with Gasteiger partial charge < -0.3 is 5.32 Å². The van der Waals surface area contributed by atoms with Crippen molar-refractivity contribution < 1.29 is 13.2 Å². The molecule has 160 valence electrons. The minimum absolute atomic E-state index is 0.0502. The maximum atomic E-state index is 12.9. The molecule has 1 aliphatic carbocycles. The number of amides is 1. The Labute approximate surface area is 183 Å². The molecular formula is C21H28Cl2N2O3S. The zero-order valence-electron chi connectivity index (χ0n) is 16.5. The van der Waals surface area contributed by atoms with E-state index in [1.54, 1.807) is 18.2 Å². The second-order valence-electron chi connectivity index (χ2n) is 7.84. The Balaban J connectivity index is 1.54. The first-order valence-corrected chi connectivity index (χ1v) is 12.6. The van der Waals surface area contributed by atoms with Crippen LogP contribution in [0.15, 0.2) is 29.8 Å². The zero-order chi connectivity index (χ0) is 20.9. The molecule has 1 atom stereocenters. The summed E-state index contributed by atoms with van der Waals surface area (Å²) in [5.74, 6) is -0.545. The van der Waals surface area contributed by atoms with Crippen molar-refractivity contribution in [3.63, 3.8) is 0 Å². The summed E-state index contributed by atoms with van der Waals surface area (Å²) in [5.41, 5.74) is 1.94. The molecule has 1 saturated heterocycles. The molecule has 1 fully saturated rings. The largest absolute Gasteiger partial charge is 0.356 e. The highest BCUT2D eigenvalue weighted by molar-refractivity contribution is 7.88. The molecule has 1 unspecified atom stereocenters. The van der Waals surface area contributed by atoms with Crippen LogP contribution in [0, 0.1) is 5.92 Å². The van der Waals surface area contributed by atoms with Crippen molar-refractivity contribution in [3.8, 4) is 0 Å². The van der Waals surface area contributed by atoms with E-state index in [9.17, 15) is 13.2 Å². The summed E-state index contributed by atoms with van der Waals surface area (Å²) >= 11 is 12.0. The summed E-state index contributed by atoms with van der Waals surface area (Å²) in [4.78, 5) is 12.6. The summed E-state index contributed by atoms with van der Waals surface area (Å²) in [5, 5.41) is 3.80. The van der Waals surface area contributed by atoms with Crippen molar-refractivity contribution in [1.29, 1.82) is 0 Å². The number of nitrogens with one attached hydrogen (secondary N) is 1. The van der Waals surface area contributed by atoms with Crippen molar-refractivity contribution in [2.75, 3.05) is 19.6 Å². The molecule has 1 heterocycles. The Hall–Kier alpha value is -1.08. The zero-order valence-corrected chi connectivity index (χ0v) is 18.8. The van der Waals surface area contributed by atoms with Crippen LogP contribution in [0.1, 0.15) is 50.5 Å². The van der Waals surface area contributed by atoms with Gasteiger partial charge in [-0.25, -0.2) is 12.7 Å². The van der Waals surface area contributed by atoms with Gasteiger partial charge in [-0.2, -0.15) is 0 Å². The number of benzene rings is 1. The summed E-state index contributed by atoms with van der Waals surface area (Å²) in [7, 11) is -3.56. The molecule has 2 aliphatic rings. The number of hydrogen-bond acceptors (Lipinski definition) is 3. The van der Waals surface area contributed by atoms with Crippen molar-refractivity contribution in [2.45, 2.75) is 50.7 Å². The molecule has 8 heteroatoms. The number of halogens is 2. The van der Waals surface area contributed by atoms with Gasteiger partial charge in [-0.15, -0.1) is 0 Å². The standard InChI is InChI=1S/C21H28Cl2N2O3S/c22-19-9-8-18(20(23)13-19)15-29(27,28)25-12-4-7-17(14-25)21(26)24-11-10-16-5-2-1-3-6-16/h5,8-9,13,17H,1-4,6-7,10-12,14-15H2,(H,24,26). The molecule has 1 aromatic carbocycles. The van der Waals surface area contributed by atoms with Crippen molar-refractivity contribution in [3.05, 3.63) is 45.5 Å². The molecular weight excluding hydrogens is 431 g/mol. The number of hydrogen-bond donors (Lipinski definition) is 1. The fraction of sp³-hybridized carbons (Fsp3) is 0.571. The van der Waals surface area contributed by atoms with Crippen LogP contribution < -0.4 is 5.32 Å². The maximum Gasteiger partial charge on any atom is 0.224 e. The lowest BCUT2D eigenvalue weighted by molar-refractivity contribution is -0.126. The van der Waals surface area contributed by atoms with Gasteiger partial charge in [0.1, 0.15) is 0 Å². The Morgan fingerprint density at radius 2 is 2.03 bits per heavy atom. The molecule has 0 aromatic heterocycles. The molecule has 1 N–H and O–H groups in total. The third-order valence-electron chi connectivity index (χ3n) is 5.63. The average molecular weight is 459 g/mol. The van der Waals surface area contributed by atoms with Crippen LogP contribution in [0.2, 0.25) is 10.0 Å². The fourth-order valence-electron chi connectivity index (χ4n) is 3.96. The molecule has 0 saturated carbocycles. The number of rotatable bonds is 7. The van der Waals surface area contributed by atoms with E-state index in [0.717, 1.165) is 19.3 Å². The summed E-state index contributed by atoms with van der Waals surface area (Å²) in [6, 6.07) is 4.81. The van der Waals surface area contributed by atoms with Crippen LogP contribution in [-0.2, 0) is 20.6 Å². The third-order valence-corrected chi connectivity index (χ3v) is 8.01. The normalized spacial score (nSPS) is 20.9. The van der Waals surface area contributed by atoms with Crippen molar-refractivity contribution >= 4 is 39.1 Å². The van der Waals surface area contributed by atoms with E-state index in [-0.39, 0.29) is 24.1 Å². The smallest absolute Gasteiger partial charge is 0.224 e. The maximum absolute atomic E-state index is 12.9. The Morgan fingerprint density at radius 3 is 2.76 bits per heavy atom. The lowest BCUT2D eigenvalue weighted by Crippen LogP contribution is -2.45. The molecule has 0 radical (unpaired) electrons. The van der Waals surface area contributed by atoms with Gasteiger partial charge in [-0.3, -0.25) is 4.79 Å². The lowest BCUT2D eigenvalue weighted by Gasteiger charge is -2.31. The monoisotopic (exact) mass is 458 g/mol. The van der Waals surface area contributed by atoms with Crippen LogP contribution in [-0.4, -0.2) is 38.3 Å². The summed E-state index contributed by atoms with van der Waals surface area (Å²) in [6.45, 7) is 1.28. The molecule has 0 bridgehead atoms. The lowest BCUT2D eigenvalue weighted by atomic mass is 9.96. The van der Waals surface area contributed by atoms with Crippen molar-refractivity contribution in [2.24, 2.45) is 5.92 Å². The number of nitrogens with zero attached hydrogens (tertiary/aromatic N) is 1. The van der Waals surface area contributed by atoms with Gasteiger partial charge >= 0.3 is 0 Å². The predicted molar refractivity (Wildman–Crippen MR) is 118 cm³/mol. The number of sulfonamides is 1. The minimum atomic E-state index is -3.56. The Morgan fingerprint density at radius 1 is 1.21 bits per heavy atom. The van der Waals surface area contributed by atoms with Gasteiger partial charge in [0.15, 0.2) is 0 Å². The minimum Gasteiger partial charge on any atom is -0.356 e. The number of carbonyl (C=O) groups excluding carboxylic acids is 1.